The van der Waals surface area contributed by atoms with Gasteiger partial charge in [0.05, 0.1) is 0 Å². The Hall–Kier alpha value is -0.120. The Balaban J connectivity index is 3.44. The number of nitrogens with zero attached hydrogens (tertiary/aromatic N) is 1. The van der Waals surface area contributed by atoms with Crippen LogP contribution in [-0.2, 0) is 0 Å². The van der Waals surface area contributed by atoms with Crippen LogP contribution in [0.2, 0.25) is 0 Å². The van der Waals surface area contributed by atoms with Crippen LogP contribution in [0.3, 0.4) is 0 Å². The van der Waals surface area contributed by atoms with Crippen LogP contribution in [0.1, 0.15) is 41.0 Å². The van der Waals surface area contributed by atoms with Gasteiger partial charge < -0.3 is 15.5 Å². The van der Waals surface area contributed by atoms with E-state index in [1.807, 2.05) is 0 Å². The highest BCUT2D eigenvalue weighted by Crippen LogP contribution is 1.91. The third-order valence-electron chi connectivity index (χ3n) is 2.63. The molecule has 0 aromatic carbocycles. The molecule has 0 aromatic rings. The zero-order chi connectivity index (χ0) is 12.4. The second kappa shape index (κ2) is 10.1. The molecule has 16 heavy (non-hydrogen) atoms. The van der Waals surface area contributed by atoms with Gasteiger partial charge in [-0.2, -0.15) is 0 Å². The van der Waals surface area contributed by atoms with Crippen LogP contribution in [-0.4, -0.2) is 49.7 Å². The molecule has 0 radical (unpaired) electrons. The molecule has 3 nitrogen and oxygen atoms in total. The first kappa shape index (κ1) is 15.9. The normalized spacial score (nSPS) is 12.0. The lowest BCUT2D eigenvalue weighted by molar-refractivity contribution is 0.278. The molecule has 0 unspecified atom stereocenters. The molecule has 98 valence electrons. The van der Waals surface area contributed by atoms with E-state index < -0.39 is 0 Å². The smallest absolute Gasteiger partial charge is 0.0107 e. The summed E-state index contributed by atoms with van der Waals surface area (Å²) in [5.74, 6) is 0. The van der Waals surface area contributed by atoms with Crippen molar-refractivity contribution < 1.29 is 0 Å². The van der Waals surface area contributed by atoms with Crippen molar-refractivity contribution >= 4 is 0 Å². The first-order chi connectivity index (χ1) is 7.56. The van der Waals surface area contributed by atoms with Crippen LogP contribution in [0.5, 0.6) is 0 Å². The van der Waals surface area contributed by atoms with Gasteiger partial charge in [0.25, 0.3) is 0 Å². The number of hydrogen-bond donors (Lipinski definition) is 2. The van der Waals surface area contributed by atoms with Gasteiger partial charge in [0.2, 0.25) is 0 Å². The van der Waals surface area contributed by atoms with E-state index >= 15 is 0 Å². The number of rotatable bonds is 10. The first-order valence-electron chi connectivity index (χ1n) is 6.75. The Morgan fingerprint density at radius 2 is 1.44 bits per heavy atom. The van der Waals surface area contributed by atoms with Gasteiger partial charge >= 0.3 is 0 Å². The Morgan fingerprint density at radius 3 is 1.94 bits per heavy atom. The van der Waals surface area contributed by atoms with E-state index in [0.717, 1.165) is 26.2 Å². The highest BCUT2D eigenvalue weighted by atomic mass is 15.1. The summed E-state index contributed by atoms with van der Waals surface area (Å²) in [5.41, 5.74) is 0. The molecule has 0 aliphatic rings. The summed E-state index contributed by atoms with van der Waals surface area (Å²) in [6.07, 6.45) is 1.24. The average molecular weight is 229 g/mol. The van der Waals surface area contributed by atoms with Crippen molar-refractivity contribution in [3.05, 3.63) is 0 Å². The highest BCUT2D eigenvalue weighted by molar-refractivity contribution is 4.61. The number of hydrogen-bond acceptors (Lipinski definition) is 3. The fourth-order valence-corrected chi connectivity index (χ4v) is 1.63. The standard InChI is InChI=1S/C13H31N3/c1-6-16(11-9-15-13(4)5)10-7-8-14-12(2)3/h12-15H,6-11H2,1-5H3. The molecule has 3 heteroatoms. The summed E-state index contributed by atoms with van der Waals surface area (Å²) >= 11 is 0. The highest BCUT2D eigenvalue weighted by Gasteiger charge is 2.02. The van der Waals surface area contributed by atoms with Crippen LogP contribution in [0.4, 0.5) is 0 Å². The summed E-state index contributed by atoms with van der Waals surface area (Å²) < 4.78 is 0. The molecule has 0 amide bonds. The maximum absolute atomic E-state index is 3.46. The van der Waals surface area contributed by atoms with Crippen LogP contribution in [0.25, 0.3) is 0 Å². The molecular formula is C13H31N3. The van der Waals surface area contributed by atoms with Crippen molar-refractivity contribution in [2.45, 2.75) is 53.1 Å². The molecule has 0 aromatic heterocycles. The summed E-state index contributed by atoms with van der Waals surface area (Å²) in [7, 11) is 0. The van der Waals surface area contributed by atoms with Crippen molar-refractivity contribution in [2.75, 3.05) is 32.7 Å². The third kappa shape index (κ3) is 10.4. The maximum Gasteiger partial charge on any atom is 0.0107 e. The fraction of sp³-hybridized carbons (Fsp3) is 1.00. The quantitative estimate of drug-likeness (QED) is 0.558. The fourth-order valence-electron chi connectivity index (χ4n) is 1.63. The van der Waals surface area contributed by atoms with Gasteiger partial charge in [-0.1, -0.05) is 34.6 Å². The van der Waals surface area contributed by atoms with Gasteiger partial charge in [0, 0.05) is 25.2 Å². The van der Waals surface area contributed by atoms with Crippen molar-refractivity contribution in [3.8, 4) is 0 Å². The molecule has 0 aliphatic heterocycles. The second-order valence-electron chi connectivity index (χ2n) is 5.01. The van der Waals surface area contributed by atoms with Crippen molar-refractivity contribution in [3.63, 3.8) is 0 Å². The second-order valence-corrected chi connectivity index (χ2v) is 5.01. The zero-order valence-corrected chi connectivity index (χ0v) is 11.8. The lowest BCUT2D eigenvalue weighted by Crippen LogP contribution is -2.36. The molecule has 2 N–H and O–H groups in total. The van der Waals surface area contributed by atoms with Crippen LogP contribution in [0.15, 0.2) is 0 Å². The van der Waals surface area contributed by atoms with E-state index in [1.54, 1.807) is 0 Å². The Kier molecular flexibility index (Phi) is 9.99. The van der Waals surface area contributed by atoms with E-state index in [4.69, 9.17) is 0 Å². The predicted octanol–water partition coefficient (Wildman–Crippen LogP) is 1.69. The van der Waals surface area contributed by atoms with Crippen molar-refractivity contribution in [1.29, 1.82) is 0 Å². The number of nitrogens with one attached hydrogen (secondary N) is 2. The Bertz CT molecular complexity index is 146. The van der Waals surface area contributed by atoms with Crippen molar-refractivity contribution in [1.82, 2.24) is 15.5 Å². The average Bonchev–Trinajstić information content (AvgIpc) is 2.20. The molecular weight excluding hydrogens is 198 g/mol. The minimum atomic E-state index is 0.598. The van der Waals surface area contributed by atoms with Crippen LogP contribution in [0, 0.1) is 0 Å². The molecule has 0 fully saturated rings. The number of likely N-dealkylation sites (N-methyl/N-ethyl adjacent to an activating group) is 1. The zero-order valence-electron chi connectivity index (χ0n) is 11.8. The lowest BCUT2D eigenvalue weighted by Gasteiger charge is -2.21. The van der Waals surface area contributed by atoms with Crippen molar-refractivity contribution in [2.24, 2.45) is 0 Å². The SMILES string of the molecule is CCN(CCCNC(C)C)CCNC(C)C. The van der Waals surface area contributed by atoms with Crippen LogP contribution < -0.4 is 10.6 Å². The Labute approximate surface area is 102 Å². The largest absolute Gasteiger partial charge is 0.314 e. The van der Waals surface area contributed by atoms with Gasteiger partial charge in [-0.25, -0.2) is 0 Å². The van der Waals surface area contributed by atoms with E-state index in [0.29, 0.717) is 12.1 Å². The third-order valence-corrected chi connectivity index (χ3v) is 2.63. The summed E-state index contributed by atoms with van der Waals surface area (Å²) in [6.45, 7) is 16.8. The topological polar surface area (TPSA) is 27.3 Å². The maximum atomic E-state index is 3.46. The summed E-state index contributed by atoms with van der Waals surface area (Å²) in [4.78, 5) is 2.51. The summed E-state index contributed by atoms with van der Waals surface area (Å²) in [5, 5.41) is 6.92. The van der Waals surface area contributed by atoms with Gasteiger partial charge in [-0.05, 0) is 26.1 Å². The monoisotopic (exact) mass is 229 g/mol. The van der Waals surface area contributed by atoms with E-state index in [1.165, 1.54) is 13.0 Å². The predicted molar refractivity (Wildman–Crippen MR) is 73.0 cm³/mol. The molecule has 0 spiro atoms. The molecule has 0 atom stereocenters. The van der Waals surface area contributed by atoms with E-state index in [2.05, 4.69) is 50.2 Å². The van der Waals surface area contributed by atoms with E-state index in [-0.39, 0.29) is 0 Å². The minimum Gasteiger partial charge on any atom is -0.314 e. The van der Waals surface area contributed by atoms with Gasteiger partial charge in [0.15, 0.2) is 0 Å². The lowest BCUT2D eigenvalue weighted by atomic mass is 10.3. The minimum absolute atomic E-state index is 0.598. The molecule has 0 heterocycles. The van der Waals surface area contributed by atoms with E-state index in [9.17, 15) is 0 Å². The van der Waals surface area contributed by atoms with Gasteiger partial charge in [-0.3, -0.25) is 0 Å². The molecule has 0 rings (SSSR count). The summed E-state index contributed by atoms with van der Waals surface area (Å²) in [6, 6.07) is 1.21. The molecule has 0 bridgehead atoms. The molecule has 0 saturated carbocycles. The molecule has 0 saturated heterocycles. The van der Waals surface area contributed by atoms with Gasteiger partial charge in [0.1, 0.15) is 0 Å². The van der Waals surface area contributed by atoms with Gasteiger partial charge in [-0.15, -0.1) is 0 Å². The Morgan fingerprint density at radius 1 is 0.875 bits per heavy atom. The van der Waals surface area contributed by atoms with Crippen LogP contribution >= 0.6 is 0 Å². The first-order valence-corrected chi connectivity index (χ1v) is 6.75. The molecule has 0 aliphatic carbocycles.